The van der Waals surface area contributed by atoms with Crippen molar-refractivity contribution >= 4 is 45.4 Å². The molecule has 0 aliphatic carbocycles. The number of carbonyl (C=O) groups is 2. The SMILES string of the molecule is C=CCNC(=O)/C(=C\c1ccc(Cl)cc1)NC(=O)c1ccc(Br)cc1. The van der Waals surface area contributed by atoms with Gasteiger partial charge in [0.15, 0.2) is 0 Å². The van der Waals surface area contributed by atoms with Gasteiger partial charge in [-0.25, -0.2) is 0 Å². The fourth-order valence-electron chi connectivity index (χ4n) is 1.94. The number of rotatable bonds is 6. The molecule has 0 aromatic heterocycles. The van der Waals surface area contributed by atoms with Crippen molar-refractivity contribution in [2.75, 3.05) is 6.54 Å². The smallest absolute Gasteiger partial charge is 0.268 e. The maximum atomic E-state index is 12.4. The lowest BCUT2D eigenvalue weighted by molar-refractivity contribution is -0.117. The van der Waals surface area contributed by atoms with Crippen LogP contribution in [0.5, 0.6) is 0 Å². The van der Waals surface area contributed by atoms with Gasteiger partial charge in [0.05, 0.1) is 0 Å². The van der Waals surface area contributed by atoms with Gasteiger partial charge >= 0.3 is 0 Å². The molecule has 0 radical (unpaired) electrons. The Morgan fingerprint density at radius 1 is 1.08 bits per heavy atom. The molecule has 0 fully saturated rings. The minimum absolute atomic E-state index is 0.136. The zero-order valence-electron chi connectivity index (χ0n) is 13.3. The molecule has 128 valence electrons. The lowest BCUT2D eigenvalue weighted by Gasteiger charge is -2.10. The summed E-state index contributed by atoms with van der Waals surface area (Å²) in [7, 11) is 0. The van der Waals surface area contributed by atoms with Crippen LogP contribution in [0, 0.1) is 0 Å². The number of benzene rings is 2. The molecule has 0 unspecified atom stereocenters. The maximum absolute atomic E-state index is 12.4. The van der Waals surface area contributed by atoms with E-state index in [9.17, 15) is 9.59 Å². The number of nitrogens with one attached hydrogen (secondary N) is 2. The van der Waals surface area contributed by atoms with E-state index in [-0.39, 0.29) is 11.6 Å². The Bertz CT molecular complexity index is 799. The summed E-state index contributed by atoms with van der Waals surface area (Å²) in [6, 6.07) is 13.8. The van der Waals surface area contributed by atoms with Gasteiger partial charge in [-0.2, -0.15) is 0 Å². The first kappa shape index (κ1) is 19.0. The van der Waals surface area contributed by atoms with Gasteiger partial charge in [0, 0.05) is 21.6 Å². The van der Waals surface area contributed by atoms with Crippen LogP contribution in [0.1, 0.15) is 15.9 Å². The second kappa shape index (κ2) is 9.20. The molecule has 0 aliphatic heterocycles. The number of hydrogen-bond donors (Lipinski definition) is 2. The Morgan fingerprint density at radius 2 is 1.72 bits per heavy atom. The van der Waals surface area contributed by atoms with E-state index in [0.29, 0.717) is 17.1 Å². The molecule has 2 aromatic carbocycles. The zero-order chi connectivity index (χ0) is 18.2. The molecule has 4 nitrogen and oxygen atoms in total. The van der Waals surface area contributed by atoms with Crippen LogP contribution in [0.2, 0.25) is 5.02 Å². The molecule has 0 saturated heterocycles. The summed E-state index contributed by atoms with van der Waals surface area (Å²) in [5.41, 5.74) is 1.32. The van der Waals surface area contributed by atoms with Gasteiger partial charge in [0.1, 0.15) is 5.70 Å². The third-order valence-corrected chi connectivity index (χ3v) is 3.97. The standard InChI is InChI=1S/C19H16BrClN2O2/c1-2-11-22-19(25)17(12-13-3-9-16(21)10-4-13)23-18(24)14-5-7-15(20)8-6-14/h2-10,12H,1,11H2,(H,22,25)(H,23,24)/b17-12+. The average molecular weight is 420 g/mol. The molecule has 0 heterocycles. The fraction of sp³-hybridized carbons (Fsp3) is 0.0526. The summed E-state index contributed by atoms with van der Waals surface area (Å²) in [6.07, 6.45) is 3.15. The molecule has 25 heavy (non-hydrogen) atoms. The minimum atomic E-state index is -0.402. The third kappa shape index (κ3) is 5.89. The number of hydrogen-bond acceptors (Lipinski definition) is 2. The lowest BCUT2D eigenvalue weighted by atomic mass is 10.1. The first-order chi connectivity index (χ1) is 12.0. The molecule has 0 saturated carbocycles. The molecule has 0 aliphatic rings. The highest BCUT2D eigenvalue weighted by atomic mass is 79.9. The average Bonchev–Trinajstić information content (AvgIpc) is 2.61. The van der Waals surface area contributed by atoms with Crippen LogP contribution in [0.25, 0.3) is 6.08 Å². The quantitative estimate of drug-likeness (QED) is 0.545. The van der Waals surface area contributed by atoms with Gasteiger partial charge in [-0.1, -0.05) is 45.7 Å². The molecule has 2 N–H and O–H groups in total. The van der Waals surface area contributed by atoms with E-state index in [1.807, 2.05) is 0 Å². The van der Waals surface area contributed by atoms with Crippen molar-refractivity contribution in [1.82, 2.24) is 10.6 Å². The van der Waals surface area contributed by atoms with Crippen molar-refractivity contribution < 1.29 is 9.59 Å². The van der Waals surface area contributed by atoms with E-state index in [1.54, 1.807) is 60.7 Å². The zero-order valence-corrected chi connectivity index (χ0v) is 15.6. The molecule has 0 bridgehead atoms. The highest BCUT2D eigenvalue weighted by Crippen LogP contribution is 2.13. The van der Waals surface area contributed by atoms with E-state index < -0.39 is 5.91 Å². The Labute approximate surface area is 159 Å². The summed E-state index contributed by atoms with van der Waals surface area (Å²) in [5, 5.41) is 5.90. The lowest BCUT2D eigenvalue weighted by Crippen LogP contribution is -2.34. The molecule has 2 aromatic rings. The van der Waals surface area contributed by atoms with E-state index in [4.69, 9.17) is 11.6 Å². The first-order valence-corrected chi connectivity index (χ1v) is 8.60. The van der Waals surface area contributed by atoms with Gasteiger partial charge < -0.3 is 10.6 Å². The molecule has 0 atom stereocenters. The normalized spacial score (nSPS) is 10.9. The highest BCUT2D eigenvalue weighted by Gasteiger charge is 2.14. The monoisotopic (exact) mass is 418 g/mol. The highest BCUT2D eigenvalue weighted by molar-refractivity contribution is 9.10. The Kier molecular flexibility index (Phi) is 6.98. The predicted octanol–water partition coefficient (Wildman–Crippen LogP) is 4.18. The van der Waals surface area contributed by atoms with E-state index in [1.165, 1.54) is 0 Å². The topological polar surface area (TPSA) is 58.2 Å². The van der Waals surface area contributed by atoms with Crippen molar-refractivity contribution in [1.29, 1.82) is 0 Å². The van der Waals surface area contributed by atoms with Crippen LogP contribution in [-0.2, 0) is 4.79 Å². The molecular weight excluding hydrogens is 404 g/mol. The van der Waals surface area contributed by atoms with Crippen molar-refractivity contribution in [3.05, 3.63) is 87.5 Å². The van der Waals surface area contributed by atoms with Gasteiger partial charge in [0.25, 0.3) is 11.8 Å². The first-order valence-electron chi connectivity index (χ1n) is 7.43. The summed E-state index contributed by atoms with van der Waals surface area (Å²) in [6.45, 7) is 3.86. The molecule has 6 heteroatoms. The third-order valence-electron chi connectivity index (χ3n) is 3.19. The van der Waals surface area contributed by atoms with Crippen molar-refractivity contribution in [3.8, 4) is 0 Å². The number of halogens is 2. The number of amides is 2. The summed E-state index contributed by atoms with van der Waals surface area (Å²) < 4.78 is 0.865. The summed E-state index contributed by atoms with van der Waals surface area (Å²) in [4.78, 5) is 24.7. The van der Waals surface area contributed by atoms with Gasteiger partial charge in [-0.15, -0.1) is 6.58 Å². The maximum Gasteiger partial charge on any atom is 0.268 e. The fourth-order valence-corrected chi connectivity index (χ4v) is 2.33. The molecule has 2 rings (SSSR count). The second-order valence-corrected chi connectivity index (χ2v) is 6.42. The van der Waals surface area contributed by atoms with Crippen LogP contribution >= 0.6 is 27.5 Å². The van der Waals surface area contributed by atoms with Crippen LogP contribution in [0.3, 0.4) is 0 Å². The second-order valence-electron chi connectivity index (χ2n) is 5.07. The van der Waals surface area contributed by atoms with E-state index in [2.05, 4.69) is 33.1 Å². The molecular formula is C19H16BrClN2O2. The van der Waals surface area contributed by atoms with Crippen molar-refractivity contribution in [3.63, 3.8) is 0 Å². The van der Waals surface area contributed by atoms with Crippen LogP contribution in [-0.4, -0.2) is 18.4 Å². The molecule has 0 spiro atoms. The van der Waals surface area contributed by atoms with Crippen LogP contribution in [0.4, 0.5) is 0 Å². The minimum Gasteiger partial charge on any atom is -0.347 e. The predicted molar refractivity (Wildman–Crippen MR) is 104 cm³/mol. The Hall–Kier alpha value is -2.37. The molecule has 2 amide bonds. The van der Waals surface area contributed by atoms with E-state index >= 15 is 0 Å². The van der Waals surface area contributed by atoms with Crippen LogP contribution < -0.4 is 10.6 Å². The van der Waals surface area contributed by atoms with Crippen molar-refractivity contribution in [2.24, 2.45) is 0 Å². The largest absolute Gasteiger partial charge is 0.347 e. The summed E-state index contributed by atoms with van der Waals surface area (Å²) >= 11 is 9.19. The van der Waals surface area contributed by atoms with Crippen molar-refractivity contribution in [2.45, 2.75) is 0 Å². The van der Waals surface area contributed by atoms with Gasteiger partial charge in [-0.05, 0) is 48.0 Å². The van der Waals surface area contributed by atoms with Crippen LogP contribution in [0.15, 0.2) is 71.4 Å². The Morgan fingerprint density at radius 3 is 2.32 bits per heavy atom. The van der Waals surface area contributed by atoms with Gasteiger partial charge in [0.2, 0.25) is 0 Å². The van der Waals surface area contributed by atoms with E-state index in [0.717, 1.165) is 10.0 Å². The Balaban J connectivity index is 2.25. The van der Waals surface area contributed by atoms with Gasteiger partial charge in [-0.3, -0.25) is 9.59 Å². The number of carbonyl (C=O) groups excluding carboxylic acids is 2. The summed E-state index contributed by atoms with van der Waals surface area (Å²) in [5.74, 6) is -0.776.